The number of hydrogen-bond donors (Lipinski definition) is 1. The van der Waals surface area contributed by atoms with Crippen molar-refractivity contribution in [3.8, 4) is 0 Å². The van der Waals surface area contributed by atoms with Gasteiger partial charge in [-0.05, 0) is 18.1 Å². The molecule has 0 spiro atoms. The van der Waals surface area contributed by atoms with Gasteiger partial charge in [0.15, 0.2) is 11.4 Å². The Morgan fingerprint density at radius 3 is 2.48 bits per heavy atom. The number of nitrogens with zero attached hydrogens (tertiary/aromatic N) is 4. The average molecular weight is 439 g/mol. The Balaban J connectivity index is 1.64. The molecule has 158 valence electrons. The van der Waals surface area contributed by atoms with Gasteiger partial charge >= 0.3 is 12.4 Å². The Kier molecular flexibility index (Phi) is 5.36. The molecule has 0 unspecified atom stereocenters. The molecule has 0 aliphatic carbocycles. The predicted molar refractivity (Wildman–Crippen MR) is 92.3 cm³/mol. The van der Waals surface area contributed by atoms with E-state index in [0.717, 1.165) is 32.8 Å². The smallest absolute Gasteiger partial charge is 0.351 e. The van der Waals surface area contributed by atoms with Gasteiger partial charge in [-0.2, -0.15) is 36.5 Å². The van der Waals surface area contributed by atoms with Crippen LogP contribution in [0, 0.1) is 5.92 Å². The number of aromatic nitrogens is 4. The number of fused-ring (bicyclic) bond motifs is 1. The molecule has 0 radical (unpaired) electrons. The van der Waals surface area contributed by atoms with Gasteiger partial charge in [-0.15, -0.1) is 11.3 Å². The van der Waals surface area contributed by atoms with E-state index < -0.39 is 29.6 Å². The van der Waals surface area contributed by atoms with Crippen LogP contribution in [0.5, 0.6) is 0 Å². The number of nitrogens with one attached hydrogen (secondary N) is 1. The van der Waals surface area contributed by atoms with Crippen molar-refractivity contribution >= 4 is 27.5 Å². The number of rotatable bonds is 5. The highest BCUT2D eigenvalue weighted by molar-refractivity contribution is 7.20. The van der Waals surface area contributed by atoms with Crippen molar-refractivity contribution < 1.29 is 31.1 Å². The van der Waals surface area contributed by atoms with Crippen LogP contribution in [-0.2, 0) is 25.9 Å². The molecule has 0 bridgehead atoms. The number of carbonyl (C=O) groups excluding carboxylic acids is 1. The Hall–Kier alpha value is -2.57. The van der Waals surface area contributed by atoms with Gasteiger partial charge < -0.3 is 5.32 Å². The Labute approximate surface area is 164 Å². The number of thiophene rings is 1. The molecule has 0 saturated heterocycles. The maximum Gasteiger partial charge on any atom is 0.435 e. The Morgan fingerprint density at radius 2 is 1.90 bits per heavy atom. The molecule has 3 aromatic heterocycles. The summed E-state index contributed by atoms with van der Waals surface area (Å²) < 4.78 is 79.0. The second-order valence-electron chi connectivity index (χ2n) is 6.54. The third-order valence-corrected chi connectivity index (χ3v) is 5.25. The maximum absolute atomic E-state index is 13.0. The van der Waals surface area contributed by atoms with Gasteiger partial charge in [-0.1, -0.05) is 6.92 Å². The largest absolute Gasteiger partial charge is 0.435 e. The molecule has 29 heavy (non-hydrogen) atoms. The van der Waals surface area contributed by atoms with E-state index in [1.54, 1.807) is 6.92 Å². The first kappa shape index (κ1) is 21.1. The molecule has 0 aromatic carbocycles. The zero-order valence-electron chi connectivity index (χ0n) is 15.1. The van der Waals surface area contributed by atoms with Crippen LogP contribution >= 0.6 is 11.3 Å². The van der Waals surface area contributed by atoms with Crippen LogP contribution in [0.15, 0.2) is 18.3 Å². The fourth-order valence-corrected chi connectivity index (χ4v) is 3.70. The van der Waals surface area contributed by atoms with Gasteiger partial charge in [-0.3, -0.25) is 14.2 Å². The molecule has 6 nitrogen and oxygen atoms in total. The van der Waals surface area contributed by atoms with Crippen LogP contribution < -0.4 is 5.32 Å². The molecule has 3 heterocycles. The van der Waals surface area contributed by atoms with Crippen molar-refractivity contribution in [1.82, 2.24) is 24.9 Å². The number of aryl methyl sites for hydroxylation is 1. The van der Waals surface area contributed by atoms with Gasteiger partial charge in [0.25, 0.3) is 5.91 Å². The number of amides is 1. The molecule has 0 aliphatic heterocycles. The molecule has 1 amide bonds. The fraction of sp³-hybridized carbons (Fsp3) is 0.438. The molecule has 0 fully saturated rings. The standard InChI is InChI=1S/C16H15F6N5OS/c1-8(7-27-4-3-11(24-27)15(17,18)19)6-23-13(28)10-5-9-12(16(20,21)22)25-26(2)14(9)29-10/h3-5,8H,6-7H2,1-2H3,(H,23,28)/t8-/m1/s1. The fourth-order valence-electron chi connectivity index (χ4n) is 2.71. The van der Waals surface area contributed by atoms with Gasteiger partial charge in [0.2, 0.25) is 0 Å². The third kappa shape index (κ3) is 4.54. The van der Waals surface area contributed by atoms with Crippen molar-refractivity contribution in [2.45, 2.75) is 25.8 Å². The van der Waals surface area contributed by atoms with Crippen molar-refractivity contribution in [2.75, 3.05) is 6.54 Å². The van der Waals surface area contributed by atoms with E-state index in [1.807, 2.05) is 0 Å². The normalized spacial score (nSPS) is 13.8. The van der Waals surface area contributed by atoms with Crippen molar-refractivity contribution in [2.24, 2.45) is 13.0 Å². The highest BCUT2D eigenvalue weighted by Gasteiger charge is 2.37. The lowest BCUT2D eigenvalue weighted by molar-refractivity contribution is -0.141. The van der Waals surface area contributed by atoms with Crippen LogP contribution in [0.4, 0.5) is 26.3 Å². The van der Waals surface area contributed by atoms with Crippen molar-refractivity contribution in [3.63, 3.8) is 0 Å². The summed E-state index contributed by atoms with van der Waals surface area (Å²) in [7, 11) is 1.36. The van der Waals surface area contributed by atoms with E-state index in [9.17, 15) is 31.1 Å². The van der Waals surface area contributed by atoms with Crippen molar-refractivity contribution in [3.05, 3.63) is 34.6 Å². The first-order valence-corrected chi connectivity index (χ1v) is 9.10. The van der Waals surface area contributed by atoms with E-state index in [2.05, 4.69) is 15.5 Å². The molecular weight excluding hydrogens is 424 g/mol. The topological polar surface area (TPSA) is 64.7 Å². The lowest BCUT2D eigenvalue weighted by Crippen LogP contribution is -2.29. The minimum absolute atomic E-state index is 0.0872. The number of halogens is 6. The van der Waals surface area contributed by atoms with Crippen LogP contribution in [0.25, 0.3) is 10.2 Å². The first-order chi connectivity index (χ1) is 13.4. The van der Waals surface area contributed by atoms with E-state index in [4.69, 9.17) is 0 Å². The summed E-state index contributed by atoms with van der Waals surface area (Å²) in [6, 6.07) is 1.99. The first-order valence-electron chi connectivity index (χ1n) is 8.29. The maximum atomic E-state index is 13.0. The van der Waals surface area contributed by atoms with E-state index in [-0.39, 0.29) is 34.1 Å². The van der Waals surface area contributed by atoms with E-state index in [0.29, 0.717) is 0 Å². The second kappa shape index (κ2) is 7.35. The lowest BCUT2D eigenvalue weighted by atomic mass is 10.2. The zero-order valence-corrected chi connectivity index (χ0v) is 15.9. The summed E-state index contributed by atoms with van der Waals surface area (Å²) >= 11 is 0.877. The van der Waals surface area contributed by atoms with Crippen LogP contribution in [0.3, 0.4) is 0 Å². The second-order valence-corrected chi connectivity index (χ2v) is 7.57. The predicted octanol–water partition coefficient (Wildman–Crippen LogP) is 3.94. The number of alkyl halides is 6. The third-order valence-electron chi connectivity index (χ3n) is 4.04. The van der Waals surface area contributed by atoms with Crippen LogP contribution in [0.2, 0.25) is 0 Å². The Morgan fingerprint density at radius 1 is 1.21 bits per heavy atom. The average Bonchev–Trinajstić information content (AvgIpc) is 3.28. The quantitative estimate of drug-likeness (QED) is 0.613. The van der Waals surface area contributed by atoms with Gasteiger partial charge in [0.05, 0.1) is 4.88 Å². The molecule has 1 atom stereocenters. The van der Waals surface area contributed by atoms with Gasteiger partial charge in [0.1, 0.15) is 4.83 Å². The van der Waals surface area contributed by atoms with E-state index >= 15 is 0 Å². The summed E-state index contributed by atoms with van der Waals surface area (Å²) in [4.78, 5) is 12.6. The molecule has 13 heteroatoms. The Bertz CT molecular complexity index is 1030. The minimum atomic E-state index is -4.64. The van der Waals surface area contributed by atoms with Crippen molar-refractivity contribution in [1.29, 1.82) is 0 Å². The zero-order chi connectivity index (χ0) is 21.6. The van der Waals surface area contributed by atoms with Gasteiger partial charge in [-0.25, -0.2) is 0 Å². The highest BCUT2D eigenvalue weighted by Crippen LogP contribution is 2.37. The summed E-state index contributed by atoms with van der Waals surface area (Å²) in [5.41, 5.74) is -2.06. The summed E-state index contributed by atoms with van der Waals surface area (Å²) in [6.45, 7) is 1.94. The number of carbonyl (C=O) groups is 1. The monoisotopic (exact) mass is 439 g/mol. The van der Waals surface area contributed by atoms with Gasteiger partial charge in [0, 0.05) is 31.7 Å². The minimum Gasteiger partial charge on any atom is -0.351 e. The molecule has 3 rings (SSSR count). The van der Waals surface area contributed by atoms with Crippen LogP contribution in [0.1, 0.15) is 28.0 Å². The van der Waals surface area contributed by atoms with Crippen LogP contribution in [-0.4, -0.2) is 32.0 Å². The number of hydrogen-bond acceptors (Lipinski definition) is 4. The highest BCUT2D eigenvalue weighted by atomic mass is 32.1. The van der Waals surface area contributed by atoms with E-state index in [1.165, 1.54) is 13.2 Å². The molecular formula is C16H15F6N5OS. The molecule has 3 aromatic rings. The SMILES string of the molecule is C[C@H](CNC(=O)c1cc2c(C(F)(F)F)nn(C)c2s1)Cn1ccc(C(F)(F)F)n1. The lowest BCUT2D eigenvalue weighted by Gasteiger charge is -2.12. The molecule has 0 saturated carbocycles. The summed E-state index contributed by atoms with van der Waals surface area (Å²) in [6.07, 6.45) is -7.98. The molecule has 0 aliphatic rings. The molecule has 1 N–H and O–H groups in total. The summed E-state index contributed by atoms with van der Waals surface area (Å²) in [5, 5.41) is 9.31. The summed E-state index contributed by atoms with van der Waals surface area (Å²) in [5.74, 6) is -0.829.